The van der Waals surface area contributed by atoms with Crippen molar-refractivity contribution in [2.45, 2.75) is 12.2 Å². The molecular formula is C5H6N4O. The van der Waals surface area contributed by atoms with Gasteiger partial charge >= 0.3 is 0 Å². The summed E-state index contributed by atoms with van der Waals surface area (Å²) in [6.45, 7) is 0. The van der Waals surface area contributed by atoms with Crippen LogP contribution in [-0.2, 0) is 4.79 Å². The zero-order valence-corrected chi connectivity index (χ0v) is 5.11. The monoisotopic (exact) mass is 138 g/mol. The van der Waals surface area contributed by atoms with E-state index in [1.165, 1.54) is 12.7 Å². The van der Waals surface area contributed by atoms with Crippen LogP contribution < -0.4 is 10.6 Å². The van der Waals surface area contributed by atoms with Gasteiger partial charge in [0.15, 0.2) is 6.17 Å². The third kappa shape index (κ3) is 0.601. The number of hydrogen-bond acceptors (Lipinski definition) is 4. The molecule has 2 aliphatic heterocycles. The predicted molar refractivity (Wildman–Crippen MR) is 35.8 cm³/mol. The summed E-state index contributed by atoms with van der Waals surface area (Å²) >= 11 is 0. The molecule has 2 aliphatic rings. The fourth-order valence-electron chi connectivity index (χ4n) is 0.975. The molecule has 5 nitrogen and oxygen atoms in total. The van der Waals surface area contributed by atoms with E-state index in [0.29, 0.717) is 0 Å². The predicted octanol–water partition coefficient (Wildman–Crippen LogP) is -1.53. The van der Waals surface area contributed by atoms with Crippen LogP contribution in [-0.4, -0.2) is 30.8 Å². The maximum atomic E-state index is 10.9. The molecule has 52 valence electrons. The summed E-state index contributed by atoms with van der Waals surface area (Å²) in [6, 6.07) is -0.287. The molecule has 0 aliphatic carbocycles. The Balaban J connectivity index is 2.27. The molecule has 0 radical (unpaired) electrons. The molecule has 5 heteroatoms. The standard InChI is InChI=1S/C5H6N4O/c10-5-3-4(7-1-6-3)8-2-9-5/h1-4H,(H,6,7)(H,8,9,10)/t3-,4+/m1/s1. The summed E-state index contributed by atoms with van der Waals surface area (Å²) in [6.07, 6.45) is 2.65. The van der Waals surface area contributed by atoms with Gasteiger partial charge in [0, 0.05) is 0 Å². The molecule has 2 rings (SSSR count). The molecular weight excluding hydrogens is 132 g/mol. The number of carbonyl (C=O) groups excluding carboxylic acids is 1. The van der Waals surface area contributed by atoms with E-state index in [0.717, 1.165) is 0 Å². The average Bonchev–Trinajstić information content (AvgIpc) is 2.36. The molecule has 0 saturated heterocycles. The van der Waals surface area contributed by atoms with Crippen LogP contribution in [0.2, 0.25) is 0 Å². The lowest BCUT2D eigenvalue weighted by atomic mass is 10.2. The van der Waals surface area contributed by atoms with Gasteiger partial charge in [-0.2, -0.15) is 0 Å². The van der Waals surface area contributed by atoms with Crippen LogP contribution in [0.1, 0.15) is 0 Å². The van der Waals surface area contributed by atoms with Crippen LogP contribution >= 0.6 is 0 Å². The highest BCUT2D eigenvalue weighted by Gasteiger charge is 2.31. The largest absolute Gasteiger partial charge is 0.361 e. The molecule has 0 saturated carbocycles. The second kappa shape index (κ2) is 1.80. The summed E-state index contributed by atoms with van der Waals surface area (Å²) in [7, 11) is 0. The van der Waals surface area contributed by atoms with E-state index in [9.17, 15) is 4.79 Å². The van der Waals surface area contributed by atoms with Gasteiger partial charge < -0.3 is 10.6 Å². The van der Waals surface area contributed by atoms with Gasteiger partial charge in [-0.15, -0.1) is 0 Å². The molecule has 2 atom stereocenters. The maximum Gasteiger partial charge on any atom is 0.251 e. The number of nitrogens with zero attached hydrogens (tertiary/aromatic N) is 2. The lowest BCUT2D eigenvalue weighted by Gasteiger charge is -2.16. The Morgan fingerprint density at radius 3 is 3.00 bits per heavy atom. The van der Waals surface area contributed by atoms with Gasteiger partial charge in [0.25, 0.3) is 5.91 Å². The number of amides is 1. The van der Waals surface area contributed by atoms with Crippen molar-refractivity contribution in [3.8, 4) is 0 Å². The Labute approximate surface area is 57.2 Å². The van der Waals surface area contributed by atoms with Crippen LogP contribution in [0.4, 0.5) is 0 Å². The Morgan fingerprint density at radius 2 is 2.20 bits per heavy atom. The molecule has 0 bridgehead atoms. The molecule has 0 fully saturated rings. The first kappa shape index (κ1) is 5.40. The minimum atomic E-state index is -0.287. The van der Waals surface area contributed by atoms with Crippen LogP contribution in [0.15, 0.2) is 9.98 Å². The molecule has 10 heavy (non-hydrogen) atoms. The average molecular weight is 138 g/mol. The van der Waals surface area contributed by atoms with Gasteiger partial charge in [-0.25, -0.2) is 9.98 Å². The number of carbonyl (C=O) groups is 1. The van der Waals surface area contributed by atoms with Crippen LogP contribution in [0.5, 0.6) is 0 Å². The van der Waals surface area contributed by atoms with Gasteiger partial charge in [-0.05, 0) is 0 Å². The number of aliphatic imine (C=N–C) groups is 2. The first-order chi connectivity index (χ1) is 4.88. The summed E-state index contributed by atoms with van der Waals surface area (Å²) in [5.41, 5.74) is 0. The highest BCUT2D eigenvalue weighted by molar-refractivity contribution is 5.96. The third-order valence-corrected chi connectivity index (χ3v) is 1.50. The van der Waals surface area contributed by atoms with Crippen molar-refractivity contribution in [2.24, 2.45) is 9.98 Å². The van der Waals surface area contributed by atoms with Crippen molar-refractivity contribution < 1.29 is 4.79 Å². The number of hydrogen-bond donors (Lipinski definition) is 2. The molecule has 0 unspecified atom stereocenters. The summed E-state index contributed by atoms with van der Waals surface area (Å²) in [4.78, 5) is 18.8. The summed E-state index contributed by atoms with van der Waals surface area (Å²) < 4.78 is 0. The lowest BCUT2D eigenvalue weighted by Crippen LogP contribution is -2.48. The van der Waals surface area contributed by atoms with E-state index in [1.54, 1.807) is 0 Å². The van der Waals surface area contributed by atoms with E-state index in [1.807, 2.05) is 0 Å². The van der Waals surface area contributed by atoms with Crippen molar-refractivity contribution in [1.82, 2.24) is 10.6 Å². The highest BCUT2D eigenvalue weighted by atomic mass is 16.2. The van der Waals surface area contributed by atoms with Crippen LogP contribution in [0.3, 0.4) is 0 Å². The van der Waals surface area contributed by atoms with Crippen molar-refractivity contribution in [3.05, 3.63) is 0 Å². The summed E-state index contributed by atoms with van der Waals surface area (Å²) in [5, 5.41) is 5.27. The maximum absolute atomic E-state index is 10.9. The van der Waals surface area contributed by atoms with E-state index in [2.05, 4.69) is 20.6 Å². The summed E-state index contributed by atoms with van der Waals surface area (Å²) in [5.74, 6) is -0.0718. The smallest absolute Gasteiger partial charge is 0.251 e. The molecule has 0 aromatic rings. The van der Waals surface area contributed by atoms with E-state index < -0.39 is 0 Å². The Kier molecular flexibility index (Phi) is 0.969. The molecule has 0 aromatic carbocycles. The molecule has 0 aromatic heterocycles. The SMILES string of the molecule is O=C1NC=N[C@@H]2N=CN[C@@H]12. The molecule has 2 heterocycles. The first-order valence-electron chi connectivity index (χ1n) is 2.97. The van der Waals surface area contributed by atoms with Gasteiger partial charge in [-0.1, -0.05) is 0 Å². The second-order valence-corrected chi connectivity index (χ2v) is 2.12. The minimum absolute atomic E-state index is 0.0718. The topological polar surface area (TPSA) is 65.8 Å². The first-order valence-corrected chi connectivity index (χ1v) is 2.97. The van der Waals surface area contributed by atoms with Crippen LogP contribution in [0, 0.1) is 0 Å². The molecule has 1 amide bonds. The minimum Gasteiger partial charge on any atom is -0.361 e. The van der Waals surface area contributed by atoms with E-state index in [-0.39, 0.29) is 18.1 Å². The second-order valence-electron chi connectivity index (χ2n) is 2.12. The van der Waals surface area contributed by atoms with Crippen molar-refractivity contribution in [1.29, 1.82) is 0 Å². The lowest BCUT2D eigenvalue weighted by molar-refractivity contribution is -0.121. The number of rotatable bonds is 0. The number of fused-ring (bicyclic) bond motifs is 1. The quantitative estimate of drug-likeness (QED) is 0.426. The fraction of sp³-hybridized carbons (Fsp3) is 0.400. The zero-order chi connectivity index (χ0) is 6.97. The van der Waals surface area contributed by atoms with Crippen molar-refractivity contribution in [2.75, 3.05) is 0 Å². The Morgan fingerprint density at radius 1 is 1.40 bits per heavy atom. The normalized spacial score (nSPS) is 35.0. The Bertz CT molecular complexity index is 222. The Hall–Kier alpha value is -1.39. The van der Waals surface area contributed by atoms with Crippen molar-refractivity contribution >= 4 is 18.6 Å². The van der Waals surface area contributed by atoms with Gasteiger partial charge in [0.05, 0.1) is 12.7 Å². The van der Waals surface area contributed by atoms with Crippen LogP contribution in [0.25, 0.3) is 0 Å². The van der Waals surface area contributed by atoms with Crippen molar-refractivity contribution in [3.63, 3.8) is 0 Å². The fourth-order valence-corrected chi connectivity index (χ4v) is 0.975. The molecule has 2 N–H and O–H groups in total. The zero-order valence-electron chi connectivity index (χ0n) is 5.11. The highest BCUT2D eigenvalue weighted by Crippen LogP contribution is 2.07. The van der Waals surface area contributed by atoms with Gasteiger partial charge in [0.1, 0.15) is 6.04 Å². The molecule has 0 spiro atoms. The third-order valence-electron chi connectivity index (χ3n) is 1.50. The van der Waals surface area contributed by atoms with E-state index >= 15 is 0 Å². The van der Waals surface area contributed by atoms with E-state index in [4.69, 9.17) is 0 Å². The van der Waals surface area contributed by atoms with Gasteiger partial charge in [0.2, 0.25) is 0 Å². The number of nitrogens with one attached hydrogen (secondary N) is 2. The van der Waals surface area contributed by atoms with Gasteiger partial charge in [-0.3, -0.25) is 4.79 Å².